The Morgan fingerprint density at radius 1 is 0.913 bits per heavy atom. The maximum absolute atomic E-state index is 5.11. The van der Waals surface area contributed by atoms with Gasteiger partial charge in [-0.15, -0.1) is 0 Å². The summed E-state index contributed by atoms with van der Waals surface area (Å²) >= 11 is 0. The van der Waals surface area contributed by atoms with E-state index < -0.39 is 0 Å². The van der Waals surface area contributed by atoms with E-state index in [1.54, 1.807) is 7.11 Å². The molecule has 0 unspecified atom stereocenters. The summed E-state index contributed by atoms with van der Waals surface area (Å²) in [6, 6.07) is 3.95. The Labute approximate surface area is 137 Å². The van der Waals surface area contributed by atoms with Crippen LogP contribution in [0.2, 0.25) is 0 Å². The van der Waals surface area contributed by atoms with E-state index >= 15 is 0 Å². The van der Waals surface area contributed by atoms with E-state index in [4.69, 9.17) is 4.74 Å². The molecule has 6 heteroatoms. The number of methoxy groups -OCH3 is 1. The SMILES string of the molecule is COc1ccc(N2CCN(c3nc(C)c(C)c(C)n3)CC2)cn1. The second-order valence-corrected chi connectivity index (χ2v) is 5.85. The predicted octanol–water partition coefficient (Wildman–Crippen LogP) is 2.13. The molecule has 2 aromatic rings. The molecular weight excluding hydrogens is 290 g/mol. The molecule has 0 N–H and O–H groups in total. The minimum Gasteiger partial charge on any atom is -0.481 e. The monoisotopic (exact) mass is 313 g/mol. The van der Waals surface area contributed by atoms with Gasteiger partial charge in [-0.25, -0.2) is 15.0 Å². The van der Waals surface area contributed by atoms with Crippen molar-refractivity contribution in [2.45, 2.75) is 20.8 Å². The van der Waals surface area contributed by atoms with Gasteiger partial charge in [0.1, 0.15) is 0 Å². The van der Waals surface area contributed by atoms with Gasteiger partial charge >= 0.3 is 0 Å². The normalized spacial score (nSPS) is 15.0. The topological polar surface area (TPSA) is 54.4 Å². The molecule has 0 saturated carbocycles. The highest BCUT2D eigenvalue weighted by Gasteiger charge is 2.20. The molecule has 1 aliphatic heterocycles. The second kappa shape index (κ2) is 6.40. The smallest absolute Gasteiger partial charge is 0.225 e. The summed E-state index contributed by atoms with van der Waals surface area (Å²) in [5.74, 6) is 1.49. The van der Waals surface area contributed by atoms with Crippen LogP contribution in [0.15, 0.2) is 18.3 Å². The van der Waals surface area contributed by atoms with Crippen molar-refractivity contribution in [1.82, 2.24) is 15.0 Å². The molecule has 3 heterocycles. The van der Waals surface area contributed by atoms with Crippen LogP contribution in [-0.2, 0) is 0 Å². The van der Waals surface area contributed by atoms with Crippen molar-refractivity contribution in [1.29, 1.82) is 0 Å². The Morgan fingerprint density at radius 2 is 1.52 bits per heavy atom. The molecule has 0 atom stereocenters. The number of anilines is 2. The molecule has 0 spiro atoms. The zero-order valence-electron chi connectivity index (χ0n) is 14.2. The fraction of sp³-hybridized carbons (Fsp3) is 0.471. The average molecular weight is 313 g/mol. The van der Waals surface area contributed by atoms with E-state index in [9.17, 15) is 0 Å². The van der Waals surface area contributed by atoms with Crippen molar-refractivity contribution < 1.29 is 4.74 Å². The molecule has 1 fully saturated rings. The maximum Gasteiger partial charge on any atom is 0.225 e. The third-order valence-electron chi connectivity index (χ3n) is 4.48. The van der Waals surface area contributed by atoms with Crippen molar-refractivity contribution in [2.75, 3.05) is 43.1 Å². The molecule has 1 saturated heterocycles. The van der Waals surface area contributed by atoms with E-state index in [1.165, 1.54) is 5.56 Å². The number of hydrogen-bond donors (Lipinski definition) is 0. The molecule has 0 aliphatic carbocycles. The number of piperazine rings is 1. The van der Waals surface area contributed by atoms with Gasteiger partial charge in [-0.05, 0) is 32.4 Å². The molecule has 1 aliphatic rings. The number of rotatable bonds is 3. The van der Waals surface area contributed by atoms with Crippen molar-refractivity contribution in [3.8, 4) is 5.88 Å². The Hall–Kier alpha value is -2.37. The molecule has 23 heavy (non-hydrogen) atoms. The summed E-state index contributed by atoms with van der Waals surface area (Å²) in [4.78, 5) is 18.2. The molecular formula is C17H23N5O. The molecule has 122 valence electrons. The number of hydrogen-bond acceptors (Lipinski definition) is 6. The van der Waals surface area contributed by atoms with Crippen LogP contribution in [0.1, 0.15) is 17.0 Å². The molecule has 0 bridgehead atoms. The zero-order chi connectivity index (χ0) is 16.4. The van der Waals surface area contributed by atoms with E-state index in [0.29, 0.717) is 5.88 Å². The fourth-order valence-corrected chi connectivity index (χ4v) is 2.74. The first-order valence-corrected chi connectivity index (χ1v) is 7.90. The molecule has 2 aromatic heterocycles. The second-order valence-electron chi connectivity index (χ2n) is 5.85. The quantitative estimate of drug-likeness (QED) is 0.865. The number of nitrogens with zero attached hydrogens (tertiary/aromatic N) is 5. The van der Waals surface area contributed by atoms with Crippen molar-refractivity contribution in [3.63, 3.8) is 0 Å². The number of pyridine rings is 1. The van der Waals surface area contributed by atoms with Gasteiger partial charge in [-0.3, -0.25) is 0 Å². The van der Waals surface area contributed by atoms with E-state index in [1.807, 2.05) is 26.1 Å². The highest BCUT2D eigenvalue weighted by atomic mass is 16.5. The van der Waals surface area contributed by atoms with Crippen molar-refractivity contribution in [2.24, 2.45) is 0 Å². The van der Waals surface area contributed by atoms with Crippen LogP contribution in [0.5, 0.6) is 5.88 Å². The molecule has 0 aromatic carbocycles. The largest absolute Gasteiger partial charge is 0.481 e. The predicted molar refractivity (Wildman–Crippen MR) is 91.5 cm³/mol. The number of aromatic nitrogens is 3. The van der Waals surface area contributed by atoms with Gasteiger partial charge in [0.05, 0.1) is 19.0 Å². The van der Waals surface area contributed by atoms with Crippen molar-refractivity contribution >= 4 is 11.6 Å². The first kappa shape index (κ1) is 15.5. The highest BCUT2D eigenvalue weighted by Crippen LogP contribution is 2.20. The van der Waals surface area contributed by atoms with Gasteiger partial charge in [0.2, 0.25) is 11.8 Å². The Kier molecular flexibility index (Phi) is 4.32. The van der Waals surface area contributed by atoms with Gasteiger partial charge in [-0.1, -0.05) is 0 Å². The van der Waals surface area contributed by atoms with Gasteiger partial charge < -0.3 is 14.5 Å². The Bertz CT molecular complexity index is 655. The maximum atomic E-state index is 5.11. The number of ether oxygens (including phenoxy) is 1. The summed E-state index contributed by atoms with van der Waals surface area (Å²) < 4.78 is 5.11. The van der Waals surface area contributed by atoms with Crippen LogP contribution >= 0.6 is 0 Å². The van der Waals surface area contributed by atoms with E-state index in [2.05, 4.69) is 37.7 Å². The van der Waals surface area contributed by atoms with E-state index in [-0.39, 0.29) is 0 Å². The van der Waals surface area contributed by atoms with E-state index in [0.717, 1.165) is 49.2 Å². The zero-order valence-corrected chi connectivity index (χ0v) is 14.2. The highest BCUT2D eigenvalue weighted by molar-refractivity contribution is 5.48. The number of aryl methyl sites for hydroxylation is 2. The van der Waals surface area contributed by atoms with Crippen LogP contribution in [0.4, 0.5) is 11.6 Å². The minimum atomic E-state index is 0.645. The van der Waals surface area contributed by atoms with Crippen LogP contribution in [-0.4, -0.2) is 48.2 Å². The van der Waals surface area contributed by atoms with Gasteiger partial charge in [-0.2, -0.15) is 0 Å². The average Bonchev–Trinajstić information content (AvgIpc) is 2.59. The third-order valence-corrected chi connectivity index (χ3v) is 4.48. The summed E-state index contributed by atoms with van der Waals surface area (Å²) in [6.07, 6.45) is 1.87. The lowest BCUT2D eigenvalue weighted by Gasteiger charge is -2.36. The van der Waals surface area contributed by atoms with Crippen LogP contribution in [0.25, 0.3) is 0 Å². The molecule has 3 rings (SSSR count). The van der Waals surface area contributed by atoms with Crippen molar-refractivity contribution in [3.05, 3.63) is 35.3 Å². The van der Waals surface area contributed by atoms with Crippen LogP contribution in [0.3, 0.4) is 0 Å². The summed E-state index contributed by atoms with van der Waals surface area (Å²) in [5, 5.41) is 0. The van der Waals surface area contributed by atoms with Gasteiger partial charge in [0.25, 0.3) is 0 Å². The molecule has 0 amide bonds. The third kappa shape index (κ3) is 3.21. The molecule has 0 radical (unpaired) electrons. The Morgan fingerprint density at radius 3 is 2.04 bits per heavy atom. The lowest BCUT2D eigenvalue weighted by atomic mass is 10.2. The standard InChI is InChI=1S/C17H23N5O/c1-12-13(2)19-17(20-14(12)3)22-9-7-21(8-10-22)15-5-6-16(23-4)18-11-15/h5-6,11H,7-10H2,1-4H3. The van der Waals surface area contributed by atoms with Gasteiger partial charge in [0, 0.05) is 43.6 Å². The van der Waals surface area contributed by atoms with Crippen LogP contribution < -0.4 is 14.5 Å². The van der Waals surface area contributed by atoms with Crippen LogP contribution in [0, 0.1) is 20.8 Å². The fourth-order valence-electron chi connectivity index (χ4n) is 2.74. The first-order chi connectivity index (χ1) is 11.1. The summed E-state index contributed by atoms with van der Waals surface area (Å²) in [6.45, 7) is 9.86. The first-order valence-electron chi connectivity index (χ1n) is 7.90. The lowest BCUT2D eigenvalue weighted by Crippen LogP contribution is -2.47. The molecule has 6 nitrogen and oxygen atoms in total. The summed E-state index contributed by atoms with van der Waals surface area (Å²) in [5.41, 5.74) is 4.43. The Balaban J connectivity index is 1.68. The van der Waals surface area contributed by atoms with Gasteiger partial charge in [0.15, 0.2) is 0 Å². The summed E-state index contributed by atoms with van der Waals surface area (Å²) in [7, 11) is 1.63. The lowest BCUT2D eigenvalue weighted by molar-refractivity contribution is 0.398. The minimum absolute atomic E-state index is 0.645.